The first kappa shape index (κ1) is 41.1. The highest BCUT2D eigenvalue weighted by molar-refractivity contribution is 7.87. The number of halogens is 1. The molecule has 5 N–H and O–H groups in total. The molecule has 1 aliphatic carbocycles. The van der Waals surface area contributed by atoms with Gasteiger partial charge in [-0.05, 0) is 73.3 Å². The molecule has 0 amide bonds. The molecule has 298 valence electrons. The van der Waals surface area contributed by atoms with Crippen molar-refractivity contribution in [2.24, 2.45) is 0 Å². The van der Waals surface area contributed by atoms with Crippen LogP contribution in [0.2, 0.25) is 5.28 Å². The number of aromatic nitrogens is 3. The maximum Gasteiger partial charge on any atom is 0.298 e. The van der Waals surface area contributed by atoms with Crippen molar-refractivity contribution in [3.05, 3.63) is 98.8 Å². The van der Waals surface area contributed by atoms with Crippen molar-refractivity contribution >= 4 is 93.9 Å². The lowest BCUT2D eigenvalue weighted by molar-refractivity contribution is 0.0980. The summed E-state index contributed by atoms with van der Waals surface area (Å²) in [5.74, 6) is -1.72. The van der Waals surface area contributed by atoms with Crippen LogP contribution in [0.25, 0.3) is 0 Å². The summed E-state index contributed by atoms with van der Waals surface area (Å²) in [7, 11) is -10.2. The fourth-order valence-corrected chi connectivity index (χ4v) is 9.18. The lowest BCUT2D eigenvalue weighted by Crippen LogP contribution is -2.25. The van der Waals surface area contributed by atoms with Gasteiger partial charge in [0.1, 0.15) is 9.79 Å². The zero-order chi connectivity index (χ0) is 41.8. The number of nitrogens with two attached hydrogens (primary N) is 1. The molecule has 0 spiro atoms. The van der Waals surface area contributed by atoms with Crippen LogP contribution in [0.3, 0.4) is 0 Å². The highest BCUT2D eigenvalue weighted by Crippen LogP contribution is 2.44. The first-order chi connectivity index (χ1) is 26.8. The monoisotopic (exact) mass is 857 g/mol. The van der Waals surface area contributed by atoms with Crippen molar-refractivity contribution in [1.82, 2.24) is 15.0 Å². The second-order valence-electron chi connectivity index (χ2n) is 12.3. The molecule has 4 aromatic carbocycles. The van der Waals surface area contributed by atoms with Gasteiger partial charge in [0, 0.05) is 22.5 Å². The van der Waals surface area contributed by atoms with E-state index in [0.29, 0.717) is 5.56 Å². The molecule has 18 nitrogen and oxygen atoms in total. The van der Waals surface area contributed by atoms with Gasteiger partial charge in [0.15, 0.2) is 11.6 Å². The lowest BCUT2D eigenvalue weighted by Gasteiger charge is -2.26. The van der Waals surface area contributed by atoms with Crippen LogP contribution < -0.4 is 21.7 Å². The summed E-state index contributed by atoms with van der Waals surface area (Å²) in [6.45, 7) is 4.52. The van der Waals surface area contributed by atoms with E-state index in [0.717, 1.165) is 27.4 Å². The molecule has 0 bridgehead atoms. The molecule has 1 aromatic heterocycles. The van der Waals surface area contributed by atoms with Crippen molar-refractivity contribution in [2.45, 2.75) is 35.5 Å². The number of nitrogen functional groups attached to an aromatic ring is 1. The van der Waals surface area contributed by atoms with E-state index in [1.807, 2.05) is 0 Å². The molecule has 57 heavy (non-hydrogen) atoms. The van der Waals surface area contributed by atoms with Crippen LogP contribution in [0.5, 0.6) is 0 Å². The Labute approximate surface area is 332 Å². The van der Waals surface area contributed by atoms with E-state index >= 15 is 0 Å². The Kier molecular flexibility index (Phi) is 10.9. The summed E-state index contributed by atoms with van der Waals surface area (Å²) in [4.78, 5) is 39.4. The number of nitrogens with zero attached hydrogens (tertiary/aromatic N) is 3. The van der Waals surface area contributed by atoms with Crippen LogP contribution in [0.15, 0.2) is 69.3 Å². The predicted molar refractivity (Wildman–Crippen MR) is 209 cm³/mol. The Morgan fingerprint density at radius 1 is 0.632 bits per heavy atom. The fourth-order valence-electron chi connectivity index (χ4n) is 6.38. The number of fused-ring (bicyclic) bond motifs is 2. The zero-order valence-corrected chi connectivity index (χ0v) is 33.9. The molecule has 6 rings (SSSR count). The van der Waals surface area contributed by atoms with Gasteiger partial charge in [-0.1, -0.05) is 30.3 Å². The second kappa shape index (κ2) is 15.1. The molecule has 22 heteroatoms. The fraction of sp³-hybridized carbons (Fsp3) is 0.171. The number of anilines is 7. The van der Waals surface area contributed by atoms with Crippen LogP contribution >= 0.6 is 11.6 Å². The summed E-state index contributed by atoms with van der Waals surface area (Å²) < 4.78 is 92.1. The van der Waals surface area contributed by atoms with Crippen molar-refractivity contribution in [2.75, 3.05) is 43.0 Å². The molecule has 0 aliphatic heterocycles. The number of carbonyl (C=O) groups excluding carboxylic acids is 2. The Morgan fingerprint density at radius 2 is 1.18 bits per heavy atom. The van der Waals surface area contributed by atoms with Gasteiger partial charge >= 0.3 is 0 Å². The number of carbonyl (C=O) groups is 2. The quantitative estimate of drug-likeness (QED) is 0.0927. The second-order valence-corrected chi connectivity index (χ2v) is 17.6. The standard InChI is InChI=1S/C35H32ClN7O11S3/c1-16-28(39-23-15-24(56(48,49)53-5)27(37)26-25(23)30(44)21-12-7-8-13-22(21)31(26)45)17(2)32(57(50,51)54-6)18(3)29(16)40-35-42-33(36)41-34(43-35)38-19-10-9-11-20(14-19)55(46,47)52-4/h7-15,39H,37H2,1-6H3,(H2,38,40,41,42,43). The number of rotatable bonds is 12. The molecule has 0 atom stereocenters. The maximum absolute atomic E-state index is 14.1. The smallest absolute Gasteiger partial charge is 0.298 e. The van der Waals surface area contributed by atoms with Crippen LogP contribution in [-0.2, 0) is 42.9 Å². The minimum Gasteiger partial charge on any atom is -0.397 e. The normalized spacial score (nSPS) is 12.9. The van der Waals surface area contributed by atoms with Crippen LogP contribution in [0.1, 0.15) is 48.5 Å². The summed E-state index contributed by atoms with van der Waals surface area (Å²) in [5.41, 5.74) is 5.82. The van der Waals surface area contributed by atoms with E-state index in [-0.39, 0.29) is 77.5 Å². The van der Waals surface area contributed by atoms with E-state index in [2.05, 4.69) is 35.1 Å². The van der Waals surface area contributed by atoms with Crippen molar-refractivity contribution in [1.29, 1.82) is 0 Å². The van der Waals surface area contributed by atoms with Crippen molar-refractivity contribution < 1.29 is 47.4 Å². The Bertz CT molecular complexity index is 2890. The average molecular weight is 858 g/mol. The zero-order valence-electron chi connectivity index (χ0n) is 30.7. The molecule has 0 saturated carbocycles. The van der Waals surface area contributed by atoms with Crippen molar-refractivity contribution in [3.8, 4) is 0 Å². The van der Waals surface area contributed by atoms with Gasteiger partial charge in [0.25, 0.3) is 30.4 Å². The first-order valence-corrected chi connectivity index (χ1v) is 20.9. The van der Waals surface area contributed by atoms with Gasteiger partial charge < -0.3 is 21.7 Å². The lowest BCUT2D eigenvalue weighted by atomic mass is 9.82. The third kappa shape index (κ3) is 7.41. The van der Waals surface area contributed by atoms with Gasteiger partial charge in [-0.3, -0.25) is 22.1 Å². The molecule has 1 heterocycles. The summed E-state index contributed by atoms with van der Waals surface area (Å²) >= 11 is 6.27. The van der Waals surface area contributed by atoms with E-state index in [9.17, 15) is 34.8 Å². The molecular formula is C35H32ClN7O11S3. The largest absolute Gasteiger partial charge is 0.397 e. The van der Waals surface area contributed by atoms with E-state index < -0.39 is 58.1 Å². The van der Waals surface area contributed by atoms with Crippen molar-refractivity contribution in [3.63, 3.8) is 0 Å². The summed E-state index contributed by atoms with van der Waals surface area (Å²) in [6, 6.07) is 12.5. The maximum atomic E-state index is 14.1. The number of nitrogens with one attached hydrogen (secondary N) is 3. The molecular weight excluding hydrogens is 826 g/mol. The summed E-state index contributed by atoms with van der Waals surface area (Å²) in [5, 5.41) is 8.52. The average Bonchev–Trinajstić information content (AvgIpc) is 3.17. The molecule has 0 fully saturated rings. The first-order valence-electron chi connectivity index (χ1n) is 16.3. The molecule has 0 radical (unpaired) electrons. The topological polar surface area (TPSA) is 265 Å². The minimum atomic E-state index is -4.58. The van der Waals surface area contributed by atoms with E-state index in [1.165, 1.54) is 56.3 Å². The highest BCUT2D eigenvalue weighted by atomic mass is 35.5. The van der Waals surface area contributed by atoms with E-state index in [4.69, 9.17) is 25.7 Å². The van der Waals surface area contributed by atoms with Crippen LogP contribution in [0, 0.1) is 20.8 Å². The Hall–Kier alpha value is -5.55. The molecule has 0 saturated heterocycles. The third-order valence-corrected chi connectivity index (χ3v) is 13.3. The predicted octanol–water partition coefficient (Wildman–Crippen LogP) is 5.04. The molecule has 1 aliphatic rings. The number of hydrogen-bond acceptors (Lipinski definition) is 18. The van der Waals surface area contributed by atoms with Gasteiger partial charge in [0.05, 0.1) is 54.4 Å². The van der Waals surface area contributed by atoms with Crippen LogP contribution in [-0.4, -0.2) is 73.1 Å². The highest BCUT2D eigenvalue weighted by Gasteiger charge is 2.37. The SMILES string of the molecule is COS(=O)(=O)c1cccc(Nc2nc(Cl)nc(Nc3c(C)c(Nc4cc(S(=O)(=O)OC)c(N)c5c4C(=O)c4ccccc4C5=O)c(C)c(S(=O)(=O)OC)c3C)n2)c1. The van der Waals surface area contributed by atoms with E-state index in [1.54, 1.807) is 13.0 Å². The van der Waals surface area contributed by atoms with Gasteiger partial charge in [-0.2, -0.15) is 40.2 Å². The number of hydrogen-bond donors (Lipinski definition) is 4. The molecule has 5 aromatic rings. The minimum absolute atomic E-state index is 0.000133. The third-order valence-electron chi connectivity index (χ3n) is 9.04. The molecule has 0 unspecified atom stereocenters. The summed E-state index contributed by atoms with van der Waals surface area (Å²) in [6.07, 6.45) is 0. The Balaban J connectivity index is 1.53. The number of benzene rings is 4. The Morgan fingerprint density at radius 3 is 1.75 bits per heavy atom. The van der Waals surface area contributed by atoms with Crippen LogP contribution in [0.4, 0.5) is 40.3 Å². The van der Waals surface area contributed by atoms with Gasteiger partial charge in [0.2, 0.25) is 17.2 Å². The number of ketones is 2. The van der Waals surface area contributed by atoms with Gasteiger partial charge in [-0.15, -0.1) is 0 Å². The van der Waals surface area contributed by atoms with Gasteiger partial charge in [-0.25, -0.2) is 0 Å².